The van der Waals surface area contributed by atoms with Crippen LogP contribution in [0.1, 0.15) is 32.1 Å². The fourth-order valence-corrected chi connectivity index (χ4v) is 2.32. The maximum absolute atomic E-state index is 12.2. The zero-order chi connectivity index (χ0) is 16.8. The minimum absolute atomic E-state index is 0.236. The third kappa shape index (κ3) is 5.01. The summed E-state index contributed by atoms with van der Waals surface area (Å²) in [4.78, 5) is 12.2. The third-order valence-corrected chi connectivity index (χ3v) is 3.66. The highest BCUT2D eigenvalue weighted by atomic mass is 35.5. The fourth-order valence-electron chi connectivity index (χ4n) is 2.14. The number of hydrogen-bond donors (Lipinski definition) is 2. The van der Waals surface area contributed by atoms with Crippen LogP contribution in [0.3, 0.4) is 0 Å². The number of ether oxygens (including phenoxy) is 1. The smallest absolute Gasteiger partial charge is 0.260 e. The second kappa shape index (κ2) is 8.04. The van der Waals surface area contributed by atoms with Crippen molar-refractivity contribution in [3.63, 3.8) is 0 Å². The first-order valence-electron chi connectivity index (χ1n) is 7.40. The lowest BCUT2D eigenvalue weighted by Gasteiger charge is -2.20. The van der Waals surface area contributed by atoms with Gasteiger partial charge in [0.25, 0.3) is 5.91 Å². The molecule has 124 valence electrons. The van der Waals surface area contributed by atoms with Crippen molar-refractivity contribution in [2.24, 2.45) is 0 Å². The fraction of sp³-hybridized carbons (Fsp3) is 0.353. The van der Waals surface area contributed by atoms with Crippen LogP contribution in [0.4, 0.5) is 0 Å². The van der Waals surface area contributed by atoms with Crippen molar-refractivity contribution >= 4 is 17.5 Å². The number of furan rings is 1. The Morgan fingerprint density at radius 1 is 1.30 bits per heavy atom. The molecule has 0 saturated carbocycles. The number of rotatable bonds is 7. The van der Waals surface area contributed by atoms with Gasteiger partial charge >= 0.3 is 0 Å². The summed E-state index contributed by atoms with van der Waals surface area (Å²) in [6.07, 6.45) is 0.387. The second-order valence-corrected chi connectivity index (χ2v) is 5.77. The normalized spacial score (nSPS) is 14.8. The first-order chi connectivity index (χ1) is 11.0. The number of aliphatic hydroxyl groups is 1. The monoisotopic (exact) mass is 337 g/mol. The zero-order valence-electron chi connectivity index (χ0n) is 13.0. The van der Waals surface area contributed by atoms with Crippen molar-refractivity contribution in [2.45, 2.75) is 38.5 Å². The Hall–Kier alpha value is -1.98. The predicted molar refractivity (Wildman–Crippen MR) is 87.4 cm³/mol. The molecule has 0 saturated heterocycles. The van der Waals surface area contributed by atoms with Gasteiger partial charge in [-0.05, 0) is 38.1 Å². The van der Waals surface area contributed by atoms with E-state index in [-0.39, 0.29) is 11.9 Å². The highest BCUT2D eigenvalue weighted by molar-refractivity contribution is 6.32. The standard InChI is InChI=1S/C17H20ClNO4/c1-11(10-14(20)16-8-5-9-22-16)19-17(21)12(2)23-15-7-4-3-6-13(15)18/h3-9,11-12,14,20H,10H2,1-2H3,(H,19,21). The van der Waals surface area contributed by atoms with Crippen molar-refractivity contribution < 1.29 is 19.1 Å². The van der Waals surface area contributed by atoms with Gasteiger partial charge in [0.15, 0.2) is 6.10 Å². The van der Waals surface area contributed by atoms with Crippen molar-refractivity contribution in [1.29, 1.82) is 0 Å². The highest BCUT2D eigenvalue weighted by Crippen LogP contribution is 2.24. The molecule has 6 heteroatoms. The molecule has 1 heterocycles. The van der Waals surface area contributed by atoms with Gasteiger partial charge in [-0.2, -0.15) is 0 Å². The molecule has 2 rings (SSSR count). The van der Waals surface area contributed by atoms with Gasteiger partial charge in [-0.1, -0.05) is 23.7 Å². The van der Waals surface area contributed by atoms with E-state index in [1.165, 1.54) is 6.26 Å². The van der Waals surface area contributed by atoms with Crippen LogP contribution in [-0.2, 0) is 4.79 Å². The molecule has 3 unspecified atom stereocenters. The van der Waals surface area contributed by atoms with E-state index in [0.29, 0.717) is 23.0 Å². The van der Waals surface area contributed by atoms with E-state index >= 15 is 0 Å². The molecule has 0 spiro atoms. The molecule has 0 radical (unpaired) electrons. The van der Waals surface area contributed by atoms with Gasteiger partial charge < -0.3 is 19.6 Å². The van der Waals surface area contributed by atoms with E-state index in [0.717, 1.165) is 0 Å². The van der Waals surface area contributed by atoms with Gasteiger partial charge in [0.05, 0.1) is 11.3 Å². The number of carbonyl (C=O) groups excluding carboxylic acids is 1. The Labute approximate surface area is 140 Å². The van der Waals surface area contributed by atoms with Crippen molar-refractivity contribution in [3.8, 4) is 5.75 Å². The number of hydrogen-bond acceptors (Lipinski definition) is 4. The number of amides is 1. The number of aliphatic hydroxyl groups excluding tert-OH is 1. The molecule has 23 heavy (non-hydrogen) atoms. The summed E-state index contributed by atoms with van der Waals surface area (Å²) in [5.74, 6) is 0.663. The maximum Gasteiger partial charge on any atom is 0.260 e. The van der Waals surface area contributed by atoms with E-state index in [4.69, 9.17) is 20.8 Å². The van der Waals surface area contributed by atoms with Crippen molar-refractivity contribution in [1.82, 2.24) is 5.32 Å². The summed E-state index contributed by atoms with van der Waals surface area (Å²) in [5.41, 5.74) is 0. The average molecular weight is 338 g/mol. The lowest BCUT2D eigenvalue weighted by Crippen LogP contribution is -2.41. The molecule has 1 aromatic carbocycles. The predicted octanol–water partition coefficient (Wildman–Crippen LogP) is 3.33. The molecule has 1 aromatic heterocycles. The number of halogens is 1. The van der Waals surface area contributed by atoms with Gasteiger partial charge in [0.1, 0.15) is 17.6 Å². The molecule has 2 N–H and O–H groups in total. The Balaban J connectivity index is 1.84. The summed E-state index contributed by atoms with van der Waals surface area (Å²) in [6.45, 7) is 3.46. The third-order valence-electron chi connectivity index (χ3n) is 3.35. The van der Waals surface area contributed by atoms with E-state index in [1.807, 2.05) is 6.92 Å². The van der Waals surface area contributed by atoms with Crippen LogP contribution >= 0.6 is 11.6 Å². The largest absolute Gasteiger partial charge is 0.479 e. The number of carbonyl (C=O) groups is 1. The van der Waals surface area contributed by atoms with Gasteiger partial charge in [-0.15, -0.1) is 0 Å². The van der Waals surface area contributed by atoms with Gasteiger partial charge in [-0.3, -0.25) is 4.79 Å². The van der Waals surface area contributed by atoms with E-state index < -0.39 is 12.2 Å². The van der Waals surface area contributed by atoms with E-state index in [9.17, 15) is 9.90 Å². The van der Waals surface area contributed by atoms with Crippen molar-refractivity contribution in [2.75, 3.05) is 0 Å². The summed E-state index contributed by atoms with van der Waals surface area (Å²) >= 11 is 6.00. The highest BCUT2D eigenvalue weighted by Gasteiger charge is 2.20. The van der Waals surface area contributed by atoms with Crippen molar-refractivity contribution in [3.05, 3.63) is 53.4 Å². The SMILES string of the molecule is CC(CC(O)c1ccco1)NC(=O)C(C)Oc1ccccc1Cl. The molecule has 0 aliphatic rings. The first-order valence-corrected chi connectivity index (χ1v) is 7.78. The molecular weight excluding hydrogens is 318 g/mol. The van der Waals surface area contributed by atoms with Crippen LogP contribution in [0.25, 0.3) is 0 Å². The quantitative estimate of drug-likeness (QED) is 0.813. The van der Waals surface area contributed by atoms with Crippen LogP contribution in [0.15, 0.2) is 47.1 Å². The summed E-state index contributed by atoms with van der Waals surface area (Å²) in [6, 6.07) is 10.1. The number of para-hydroxylation sites is 1. The van der Waals surface area contributed by atoms with Gasteiger partial charge in [0, 0.05) is 12.5 Å². The molecule has 3 atom stereocenters. The van der Waals surface area contributed by atoms with Gasteiger partial charge in [-0.25, -0.2) is 0 Å². The summed E-state index contributed by atoms with van der Waals surface area (Å²) in [5, 5.41) is 13.3. The molecule has 2 aromatic rings. The Morgan fingerprint density at radius 2 is 2.04 bits per heavy atom. The molecule has 0 aliphatic heterocycles. The topological polar surface area (TPSA) is 71.7 Å². The minimum Gasteiger partial charge on any atom is -0.479 e. The molecule has 5 nitrogen and oxygen atoms in total. The lowest BCUT2D eigenvalue weighted by atomic mass is 10.1. The summed E-state index contributed by atoms with van der Waals surface area (Å²) < 4.78 is 10.7. The molecular formula is C17H20ClNO4. The summed E-state index contributed by atoms with van der Waals surface area (Å²) in [7, 11) is 0. The second-order valence-electron chi connectivity index (χ2n) is 5.37. The molecule has 0 fully saturated rings. The lowest BCUT2D eigenvalue weighted by molar-refractivity contribution is -0.128. The van der Waals surface area contributed by atoms with Crippen LogP contribution in [0.5, 0.6) is 5.75 Å². The average Bonchev–Trinajstić information content (AvgIpc) is 3.03. The Bertz CT molecular complexity index is 629. The number of benzene rings is 1. The van der Waals surface area contributed by atoms with Crippen LogP contribution in [0, 0.1) is 0 Å². The molecule has 1 amide bonds. The first kappa shape index (κ1) is 17.4. The molecule has 0 bridgehead atoms. The zero-order valence-corrected chi connectivity index (χ0v) is 13.8. The van der Waals surface area contributed by atoms with Crippen LogP contribution in [0.2, 0.25) is 5.02 Å². The van der Waals surface area contributed by atoms with E-state index in [2.05, 4.69) is 5.32 Å². The van der Waals surface area contributed by atoms with E-state index in [1.54, 1.807) is 43.3 Å². The molecule has 0 aliphatic carbocycles. The van der Waals surface area contributed by atoms with Crippen LogP contribution in [-0.4, -0.2) is 23.2 Å². The maximum atomic E-state index is 12.2. The van der Waals surface area contributed by atoms with Crippen LogP contribution < -0.4 is 10.1 Å². The number of nitrogens with one attached hydrogen (secondary N) is 1. The Kier molecular flexibility index (Phi) is 6.07. The Morgan fingerprint density at radius 3 is 2.70 bits per heavy atom. The van der Waals surface area contributed by atoms with Gasteiger partial charge in [0.2, 0.25) is 0 Å². The minimum atomic E-state index is -0.764.